The summed E-state index contributed by atoms with van der Waals surface area (Å²) in [5, 5.41) is 14.5. The van der Waals surface area contributed by atoms with Crippen molar-refractivity contribution in [3.63, 3.8) is 0 Å². The molecule has 3 heterocycles. The number of hydrogen-bond acceptors (Lipinski definition) is 6. The highest BCUT2D eigenvalue weighted by molar-refractivity contribution is 7.15. The minimum Gasteiger partial charge on any atom is -0.345 e. The second kappa shape index (κ2) is 6.84. The molecule has 1 aliphatic rings. The van der Waals surface area contributed by atoms with Gasteiger partial charge in [0.1, 0.15) is 0 Å². The molecular formula is C16H17F3N6S. The summed E-state index contributed by atoms with van der Waals surface area (Å²) >= 11 is 0.612. The van der Waals surface area contributed by atoms with Gasteiger partial charge < -0.3 is 4.90 Å². The number of H-pyrrole nitrogens is 1. The molecule has 1 saturated heterocycles. The van der Waals surface area contributed by atoms with Crippen molar-refractivity contribution in [1.82, 2.24) is 25.3 Å². The quantitative estimate of drug-likeness (QED) is 0.754. The molecule has 0 radical (unpaired) electrons. The summed E-state index contributed by atoms with van der Waals surface area (Å²) in [6, 6.07) is 6.21. The highest BCUT2D eigenvalue weighted by Crippen LogP contribution is 2.34. The molecule has 0 spiro atoms. The van der Waals surface area contributed by atoms with Gasteiger partial charge in [-0.3, -0.25) is 10.00 Å². The summed E-state index contributed by atoms with van der Waals surface area (Å²) in [6.45, 7) is 3.78. The first kappa shape index (κ1) is 17.2. The Morgan fingerprint density at radius 3 is 2.81 bits per heavy atom. The number of nitrogens with zero attached hydrogens (tertiary/aromatic N) is 5. The van der Waals surface area contributed by atoms with Gasteiger partial charge in [0.25, 0.3) is 0 Å². The molecule has 0 aliphatic carbocycles. The van der Waals surface area contributed by atoms with Crippen molar-refractivity contribution in [3.8, 4) is 0 Å². The van der Waals surface area contributed by atoms with Gasteiger partial charge in [0.2, 0.25) is 10.1 Å². The maximum absolute atomic E-state index is 12.7. The van der Waals surface area contributed by atoms with Crippen LogP contribution in [0, 0.1) is 0 Å². The zero-order valence-corrected chi connectivity index (χ0v) is 14.6. The van der Waals surface area contributed by atoms with E-state index in [0.29, 0.717) is 29.6 Å². The van der Waals surface area contributed by atoms with Crippen LogP contribution in [0.3, 0.4) is 0 Å². The highest BCUT2D eigenvalue weighted by Gasteiger charge is 2.36. The van der Waals surface area contributed by atoms with Gasteiger partial charge in [-0.05, 0) is 18.1 Å². The van der Waals surface area contributed by atoms with E-state index < -0.39 is 11.2 Å². The minimum atomic E-state index is -4.43. The zero-order valence-electron chi connectivity index (χ0n) is 13.8. The lowest BCUT2D eigenvalue weighted by molar-refractivity contribution is -0.138. The Morgan fingerprint density at radius 1 is 1.12 bits per heavy atom. The predicted molar refractivity (Wildman–Crippen MR) is 93.1 cm³/mol. The molecule has 0 unspecified atom stereocenters. The number of hydrogen-bond donors (Lipinski definition) is 1. The largest absolute Gasteiger partial charge is 0.445 e. The molecule has 3 aromatic rings. The second-order valence-electron chi connectivity index (χ2n) is 6.30. The summed E-state index contributed by atoms with van der Waals surface area (Å²) in [5.41, 5.74) is 2.19. The van der Waals surface area contributed by atoms with Crippen molar-refractivity contribution >= 4 is 27.4 Å². The lowest BCUT2D eigenvalue weighted by atomic mass is 10.1. The number of benzene rings is 1. The number of rotatable bonds is 3. The Balaban J connectivity index is 1.40. The maximum Gasteiger partial charge on any atom is 0.445 e. The molecule has 0 bridgehead atoms. The van der Waals surface area contributed by atoms with E-state index in [9.17, 15) is 13.2 Å². The number of nitrogens with one attached hydrogen (secondary N) is 1. The van der Waals surface area contributed by atoms with E-state index in [1.165, 1.54) is 5.56 Å². The Morgan fingerprint density at radius 2 is 2.00 bits per heavy atom. The minimum absolute atomic E-state index is 0.345. The van der Waals surface area contributed by atoms with E-state index in [2.05, 4.69) is 37.4 Å². The lowest BCUT2D eigenvalue weighted by Crippen LogP contribution is -2.30. The van der Waals surface area contributed by atoms with Gasteiger partial charge >= 0.3 is 6.18 Å². The van der Waals surface area contributed by atoms with Crippen LogP contribution < -0.4 is 4.90 Å². The second-order valence-corrected chi connectivity index (χ2v) is 7.25. The molecule has 0 saturated carbocycles. The molecule has 10 heteroatoms. The van der Waals surface area contributed by atoms with Crippen molar-refractivity contribution in [2.45, 2.75) is 19.1 Å². The van der Waals surface area contributed by atoms with E-state index >= 15 is 0 Å². The molecule has 6 nitrogen and oxygen atoms in total. The predicted octanol–water partition coefficient (Wildman–Crippen LogP) is 3.15. The van der Waals surface area contributed by atoms with Crippen LogP contribution in [0.1, 0.15) is 17.0 Å². The smallest absolute Gasteiger partial charge is 0.345 e. The molecule has 0 amide bonds. The van der Waals surface area contributed by atoms with Crippen molar-refractivity contribution in [2.24, 2.45) is 0 Å². The first-order valence-corrected chi connectivity index (χ1v) is 9.11. The van der Waals surface area contributed by atoms with Crippen LogP contribution in [-0.4, -0.2) is 51.5 Å². The van der Waals surface area contributed by atoms with Crippen molar-refractivity contribution in [2.75, 3.05) is 31.1 Å². The molecule has 4 rings (SSSR count). The lowest BCUT2D eigenvalue weighted by Gasteiger charge is -2.21. The van der Waals surface area contributed by atoms with Crippen molar-refractivity contribution in [1.29, 1.82) is 0 Å². The number of aromatic amines is 1. The van der Waals surface area contributed by atoms with Crippen molar-refractivity contribution in [3.05, 3.63) is 35.0 Å². The van der Waals surface area contributed by atoms with E-state index in [-0.39, 0.29) is 0 Å². The van der Waals surface area contributed by atoms with E-state index in [0.717, 1.165) is 37.0 Å². The third-order valence-corrected chi connectivity index (χ3v) is 5.46. The Hall–Kier alpha value is -2.20. The fraction of sp³-hybridized carbons (Fsp3) is 0.438. The number of alkyl halides is 3. The van der Waals surface area contributed by atoms with Gasteiger partial charge in [-0.1, -0.05) is 23.5 Å². The van der Waals surface area contributed by atoms with Gasteiger partial charge in [-0.25, -0.2) is 0 Å². The fourth-order valence-electron chi connectivity index (χ4n) is 3.12. The molecule has 1 aliphatic heterocycles. The molecule has 1 aromatic carbocycles. The summed E-state index contributed by atoms with van der Waals surface area (Å²) in [6.07, 6.45) is -1.77. The van der Waals surface area contributed by atoms with Crippen LogP contribution in [-0.2, 0) is 12.7 Å². The molecule has 0 atom stereocenters. The molecule has 1 N–H and O–H groups in total. The van der Waals surface area contributed by atoms with E-state index in [4.69, 9.17) is 0 Å². The monoisotopic (exact) mass is 382 g/mol. The first-order chi connectivity index (χ1) is 12.5. The first-order valence-electron chi connectivity index (χ1n) is 8.29. The Kier molecular flexibility index (Phi) is 4.53. The van der Waals surface area contributed by atoms with Crippen LogP contribution in [0.5, 0.6) is 0 Å². The Bertz CT molecular complexity index is 889. The number of aromatic nitrogens is 4. The summed E-state index contributed by atoms with van der Waals surface area (Å²) in [4.78, 5) is 4.20. The standard InChI is InChI=1S/C16H17F3N6S/c17-16(18,19)14-22-23-15(26-14)25-5-1-4-24(6-7-25)10-11-2-3-12-9-20-21-13(12)8-11/h2-3,8-9H,1,4-7,10H2,(H,20,21). The molecule has 1 fully saturated rings. The number of fused-ring (bicyclic) bond motifs is 1. The summed E-state index contributed by atoms with van der Waals surface area (Å²) in [7, 11) is 0. The van der Waals surface area contributed by atoms with Crippen LogP contribution in [0.25, 0.3) is 10.9 Å². The van der Waals surface area contributed by atoms with Gasteiger partial charge in [0.15, 0.2) is 0 Å². The average molecular weight is 382 g/mol. The molecular weight excluding hydrogens is 365 g/mol. The van der Waals surface area contributed by atoms with Gasteiger partial charge in [0, 0.05) is 38.1 Å². The third kappa shape index (κ3) is 3.65. The van der Waals surface area contributed by atoms with Gasteiger partial charge in [-0.2, -0.15) is 18.3 Å². The number of anilines is 1. The van der Waals surface area contributed by atoms with E-state index in [1.807, 2.05) is 11.0 Å². The zero-order chi connectivity index (χ0) is 18.1. The summed E-state index contributed by atoms with van der Waals surface area (Å²) in [5.74, 6) is 0. The van der Waals surface area contributed by atoms with Gasteiger partial charge in [0.05, 0.1) is 11.7 Å². The normalized spacial score (nSPS) is 17.0. The van der Waals surface area contributed by atoms with Crippen LogP contribution in [0.4, 0.5) is 18.3 Å². The number of halogens is 3. The van der Waals surface area contributed by atoms with Crippen LogP contribution >= 0.6 is 11.3 Å². The Labute approximate surface area is 151 Å². The van der Waals surface area contributed by atoms with E-state index in [1.54, 1.807) is 6.20 Å². The summed E-state index contributed by atoms with van der Waals surface area (Å²) < 4.78 is 38.1. The van der Waals surface area contributed by atoms with Gasteiger partial charge in [-0.15, -0.1) is 10.2 Å². The highest BCUT2D eigenvalue weighted by atomic mass is 32.1. The van der Waals surface area contributed by atoms with Crippen molar-refractivity contribution < 1.29 is 13.2 Å². The van der Waals surface area contributed by atoms with Crippen LogP contribution in [0.2, 0.25) is 0 Å². The molecule has 138 valence electrons. The fourth-order valence-corrected chi connectivity index (χ4v) is 3.88. The maximum atomic E-state index is 12.7. The third-order valence-electron chi connectivity index (χ3n) is 4.43. The van der Waals surface area contributed by atoms with Crippen LogP contribution in [0.15, 0.2) is 24.4 Å². The SMILES string of the molecule is FC(F)(F)c1nnc(N2CCCN(Cc3ccc4cn[nH]c4c3)CC2)s1. The topological polar surface area (TPSA) is 60.9 Å². The molecule has 26 heavy (non-hydrogen) atoms. The average Bonchev–Trinajstić information content (AvgIpc) is 3.21. The molecule has 2 aromatic heterocycles.